The summed E-state index contributed by atoms with van der Waals surface area (Å²) in [7, 11) is 0. The smallest absolute Gasteiger partial charge is 0.263 e. The zero-order chi connectivity index (χ0) is 20.0. The molecule has 1 N–H and O–H groups in total. The van der Waals surface area contributed by atoms with E-state index in [1.54, 1.807) is 10.9 Å². The predicted octanol–water partition coefficient (Wildman–Crippen LogP) is 2.29. The van der Waals surface area contributed by atoms with Crippen molar-refractivity contribution in [3.05, 3.63) is 40.3 Å². The predicted molar refractivity (Wildman–Crippen MR) is 104 cm³/mol. The second-order valence-corrected chi connectivity index (χ2v) is 7.98. The first-order chi connectivity index (χ1) is 14.2. The van der Waals surface area contributed by atoms with Crippen LogP contribution in [0.15, 0.2) is 23.3 Å². The zero-order valence-electron chi connectivity index (χ0n) is 16.3. The Balaban J connectivity index is 1.58. The number of ether oxygens (including phenoxy) is 1. The Morgan fingerprint density at radius 1 is 1.31 bits per heavy atom. The number of aromatic nitrogens is 6. The van der Waals surface area contributed by atoms with E-state index in [0.29, 0.717) is 17.4 Å². The van der Waals surface area contributed by atoms with Crippen molar-refractivity contribution in [1.82, 2.24) is 29.5 Å². The molecule has 0 bridgehead atoms. The summed E-state index contributed by atoms with van der Waals surface area (Å²) in [6.07, 6.45) is 7.51. The van der Waals surface area contributed by atoms with Gasteiger partial charge in [-0.1, -0.05) is 0 Å². The van der Waals surface area contributed by atoms with Gasteiger partial charge in [0.25, 0.3) is 5.56 Å². The van der Waals surface area contributed by atoms with Crippen molar-refractivity contribution >= 4 is 11.0 Å². The van der Waals surface area contributed by atoms with Crippen molar-refractivity contribution in [3.8, 4) is 6.07 Å². The molecule has 0 spiro atoms. The summed E-state index contributed by atoms with van der Waals surface area (Å²) in [4.78, 5) is 20.6. The molecule has 3 aromatic rings. The largest absolute Gasteiger partial charge is 0.381 e. The van der Waals surface area contributed by atoms with Crippen LogP contribution < -0.4 is 5.56 Å². The number of aromatic amines is 1. The van der Waals surface area contributed by atoms with Crippen LogP contribution in [-0.2, 0) is 4.74 Å². The van der Waals surface area contributed by atoms with Crippen LogP contribution in [0.25, 0.3) is 11.0 Å². The van der Waals surface area contributed by atoms with Crippen LogP contribution in [0.3, 0.4) is 0 Å². The highest BCUT2D eigenvalue weighted by Gasteiger charge is 2.37. The van der Waals surface area contributed by atoms with E-state index >= 15 is 0 Å². The molecule has 0 radical (unpaired) electrons. The summed E-state index contributed by atoms with van der Waals surface area (Å²) in [6.45, 7) is 3.54. The van der Waals surface area contributed by atoms with Gasteiger partial charge in [-0.15, -0.1) is 0 Å². The third-order valence-electron chi connectivity index (χ3n) is 6.47. The molecule has 0 amide bonds. The van der Waals surface area contributed by atoms with Crippen LogP contribution in [0, 0.1) is 17.2 Å². The average Bonchev–Trinajstić information content (AvgIpc) is 3.35. The second-order valence-electron chi connectivity index (χ2n) is 7.98. The van der Waals surface area contributed by atoms with Gasteiger partial charge in [0.2, 0.25) is 0 Å². The van der Waals surface area contributed by atoms with Crippen molar-refractivity contribution in [3.63, 3.8) is 0 Å². The van der Waals surface area contributed by atoms with E-state index in [2.05, 4.69) is 28.2 Å². The number of nitriles is 1. The lowest BCUT2D eigenvalue weighted by Crippen LogP contribution is -2.31. The lowest BCUT2D eigenvalue weighted by Gasteiger charge is -2.35. The molecule has 1 aliphatic heterocycles. The van der Waals surface area contributed by atoms with Crippen molar-refractivity contribution < 1.29 is 4.74 Å². The van der Waals surface area contributed by atoms with Crippen molar-refractivity contribution in [1.29, 1.82) is 5.26 Å². The van der Waals surface area contributed by atoms with Crippen molar-refractivity contribution in [2.45, 2.75) is 50.6 Å². The van der Waals surface area contributed by atoms with Crippen LogP contribution in [0.2, 0.25) is 0 Å². The molecule has 3 atom stereocenters. The van der Waals surface area contributed by atoms with E-state index in [9.17, 15) is 10.1 Å². The van der Waals surface area contributed by atoms with Crippen molar-refractivity contribution in [2.24, 2.45) is 5.92 Å². The molecule has 2 aliphatic rings. The van der Waals surface area contributed by atoms with Crippen molar-refractivity contribution in [2.75, 3.05) is 13.2 Å². The summed E-state index contributed by atoms with van der Waals surface area (Å²) in [6, 6.07) is 4.19. The minimum atomic E-state index is -0.293. The number of nitrogens with one attached hydrogen (secondary N) is 1. The van der Waals surface area contributed by atoms with E-state index in [4.69, 9.17) is 9.72 Å². The lowest BCUT2D eigenvalue weighted by molar-refractivity contribution is 0.0501. The first-order valence-electron chi connectivity index (χ1n) is 10.2. The van der Waals surface area contributed by atoms with Gasteiger partial charge in [-0.05, 0) is 44.6 Å². The monoisotopic (exact) mass is 393 g/mol. The molecule has 1 aliphatic carbocycles. The summed E-state index contributed by atoms with van der Waals surface area (Å²) in [5.74, 6) is 1.13. The van der Waals surface area contributed by atoms with Crippen LogP contribution in [-0.4, -0.2) is 42.7 Å². The zero-order valence-corrected chi connectivity index (χ0v) is 16.3. The summed E-state index contributed by atoms with van der Waals surface area (Å²) < 4.78 is 9.19. The van der Waals surface area contributed by atoms with E-state index in [1.807, 2.05) is 16.9 Å². The topological polar surface area (TPSA) is 114 Å². The average molecular weight is 393 g/mol. The number of hydrogen-bond donors (Lipinski definition) is 1. The van der Waals surface area contributed by atoms with Gasteiger partial charge in [-0.25, -0.2) is 9.67 Å². The normalized spacial score (nSPS) is 23.6. The molecule has 1 saturated carbocycles. The van der Waals surface area contributed by atoms with Gasteiger partial charge in [0, 0.05) is 31.5 Å². The molecule has 9 heteroatoms. The molecule has 2 fully saturated rings. The van der Waals surface area contributed by atoms with E-state index < -0.39 is 0 Å². The number of nitrogens with zero attached hydrogens (tertiary/aromatic N) is 6. The molecule has 0 aromatic carbocycles. The number of rotatable bonds is 4. The Labute approximate surface area is 167 Å². The molecule has 150 valence electrons. The molecular formula is C20H23N7O2. The minimum absolute atomic E-state index is 0.0361. The Hall–Kier alpha value is -2.99. The SMILES string of the molecule is C[C@@H](C1CCOCC1)n1nc(C#N)c2c(=O)[nH]c([C@@H]3CC[C@H]3n3cccn3)nc21. The van der Waals surface area contributed by atoms with E-state index in [0.717, 1.165) is 38.9 Å². The maximum Gasteiger partial charge on any atom is 0.263 e. The molecule has 3 aromatic heterocycles. The fourth-order valence-electron chi connectivity index (χ4n) is 4.59. The fourth-order valence-corrected chi connectivity index (χ4v) is 4.59. The summed E-state index contributed by atoms with van der Waals surface area (Å²) in [5.41, 5.74) is 0.347. The maximum atomic E-state index is 12.9. The first kappa shape index (κ1) is 18.1. The Morgan fingerprint density at radius 3 is 2.79 bits per heavy atom. The van der Waals surface area contributed by atoms with Gasteiger partial charge in [0.15, 0.2) is 11.3 Å². The van der Waals surface area contributed by atoms with Gasteiger partial charge in [0.05, 0.1) is 12.1 Å². The quantitative estimate of drug-likeness (QED) is 0.727. The van der Waals surface area contributed by atoms with Gasteiger partial charge in [0.1, 0.15) is 17.3 Å². The van der Waals surface area contributed by atoms with Crippen LogP contribution in [0.1, 0.15) is 62.1 Å². The van der Waals surface area contributed by atoms with Gasteiger partial charge in [-0.2, -0.15) is 15.5 Å². The highest BCUT2D eigenvalue weighted by atomic mass is 16.5. The van der Waals surface area contributed by atoms with Gasteiger partial charge in [-0.3, -0.25) is 9.48 Å². The first-order valence-corrected chi connectivity index (χ1v) is 10.2. The highest BCUT2D eigenvalue weighted by Crippen LogP contribution is 2.44. The number of H-pyrrole nitrogens is 1. The van der Waals surface area contributed by atoms with Crippen LogP contribution in [0.5, 0.6) is 0 Å². The number of hydrogen-bond acceptors (Lipinski definition) is 6. The molecular weight excluding hydrogens is 370 g/mol. The van der Waals surface area contributed by atoms with Gasteiger partial charge >= 0.3 is 0 Å². The third-order valence-corrected chi connectivity index (χ3v) is 6.47. The Kier molecular flexibility index (Phi) is 4.43. The molecule has 9 nitrogen and oxygen atoms in total. The second kappa shape index (κ2) is 7.12. The lowest BCUT2D eigenvalue weighted by atomic mass is 9.79. The molecule has 0 unspecified atom stereocenters. The highest BCUT2D eigenvalue weighted by molar-refractivity contribution is 5.80. The van der Waals surface area contributed by atoms with Crippen LogP contribution >= 0.6 is 0 Å². The maximum absolute atomic E-state index is 12.9. The summed E-state index contributed by atoms with van der Waals surface area (Å²) >= 11 is 0. The molecule has 4 heterocycles. The van der Waals surface area contributed by atoms with E-state index in [-0.39, 0.29) is 34.6 Å². The molecule has 5 rings (SSSR count). The standard InChI is InChI=1S/C20H23N7O2/c1-12(13-5-9-29-10-6-13)27-19-17(15(11-21)25-27)20(28)24-18(23-19)14-3-4-16(14)26-8-2-7-22-26/h2,7-8,12-14,16H,3-6,9-10H2,1H3,(H,23,24,28)/t12-,14+,16+/m0/s1. The van der Waals surface area contributed by atoms with Crippen LogP contribution in [0.4, 0.5) is 0 Å². The number of fused-ring (bicyclic) bond motifs is 1. The van der Waals surface area contributed by atoms with E-state index in [1.165, 1.54) is 0 Å². The Bertz CT molecular complexity index is 1120. The van der Waals surface area contributed by atoms with Gasteiger partial charge < -0.3 is 9.72 Å². The molecule has 1 saturated heterocycles. The Morgan fingerprint density at radius 2 is 2.14 bits per heavy atom. The fraction of sp³-hybridized carbons (Fsp3) is 0.550. The molecule has 29 heavy (non-hydrogen) atoms. The minimum Gasteiger partial charge on any atom is -0.381 e. The third kappa shape index (κ3) is 2.95. The summed E-state index contributed by atoms with van der Waals surface area (Å²) in [5, 5.41) is 18.6.